The molecule has 0 unspecified atom stereocenters. The van der Waals surface area contributed by atoms with Gasteiger partial charge in [-0.2, -0.15) is 0 Å². The van der Waals surface area contributed by atoms with E-state index in [1.165, 1.54) is 23.0 Å². The molecule has 0 aliphatic rings. The lowest BCUT2D eigenvalue weighted by Crippen LogP contribution is -2.41. The van der Waals surface area contributed by atoms with E-state index in [4.69, 9.17) is 0 Å². The van der Waals surface area contributed by atoms with Gasteiger partial charge in [0, 0.05) is 25.3 Å². The molecule has 0 bridgehead atoms. The molecule has 1 heterocycles. The number of carbonyl (C=O) groups excluding carboxylic acids is 1. The Bertz CT molecular complexity index is 738. The van der Waals surface area contributed by atoms with Crippen molar-refractivity contribution in [2.45, 2.75) is 19.6 Å². The maximum Gasteiger partial charge on any atom is 0.275 e. The molecule has 9 heteroatoms. The van der Waals surface area contributed by atoms with Gasteiger partial charge in [-0.1, -0.05) is 30.9 Å². The Balaban J connectivity index is 2.22. The fourth-order valence-electron chi connectivity index (χ4n) is 2.22. The maximum absolute atomic E-state index is 12.4. The molecule has 23 heavy (non-hydrogen) atoms. The van der Waals surface area contributed by atoms with E-state index in [0.717, 1.165) is 6.17 Å². The third kappa shape index (κ3) is 4.22. The lowest BCUT2D eigenvalue weighted by molar-refractivity contribution is -0.384. The number of benzene rings is 1. The van der Waals surface area contributed by atoms with Gasteiger partial charge in [0.25, 0.3) is 11.6 Å². The number of rotatable bonds is 5. The van der Waals surface area contributed by atoms with E-state index >= 15 is 0 Å². The van der Waals surface area contributed by atoms with Crippen LogP contribution in [0.3, 0.4) is 0 Å². The van der Waals surface area contributed by atoms with Gasteiger partial charge < -0.3 is 4.90 Å². The van der Waals surface area contributed by atoms with Crippen LogP contribution >= 0.6 is 0 Å². The number of aromatic nitrogens is 3. The van der Waals surface area contributed by atoms with Crippen LogP contribution in [0.1, 0.15) is 10.5 Å². The molecule has 0 aliphatic carbocycles. The van der Waals surface area contributed by atoms with Crippen molar-refractivity contribution in [2.24, 2.45) is 0 Å². The Kier molecular flexibility index (Phi) is 4.59. The van der Waals surface area contributed by atoms with Crippen molar-refractivity contribution in [2.75, 3.05) is 13.2 Å². The number of non-ortho nitro benzene ring substituents is 1. The highest BCUT2D eigenvalue weighted by Crippen LogP contribution is 2.16. The number of hydrogen-bond donors (Lipinski definition) is 0. The van der Waals surface area contributed by atoms with E-state index in [1.807, 2.05) is 0 Å². The maximum atomic E-state index is 12.4. The number of amides is 1. The first-order valence-electron chi connectivity index (χ1n) is 7.10. The molecule has 122 valence electrons. The molecule has 8 nitrogen and oxygen atoms in total. The molecule has 0 radical (unpaired) electrons. The van der Waals surface area contributed by atoms with Crippen LogP contribution < -0.4 is 0 Å². The van der Waals surface area contributed by atoms with Crippen molar-refractivity contribution in [3.05, 3.63) is 46.3 Å². The molecule has 2 rings (SSSR count). The van der Waals surface area contributed by atoms with Gasteiger partial charge in [-0.05, 0) is 6.07 Å². The summed E-state index contributed by atoms with van der Waals surface area (Å²) in [4.78, 5) is 24.4. The standard InChI is InChI=1S/C14H19N5O3Si/c1-17(10-23(2,3)4)14(20)13-9-18(16-15-13)11-6-5-7-12(8-11)19(21)22/h5-9H,10H2,1-4H3. The summed E-state index contributed by atoms with van der Waals surface area (Å²) in [5.41, 5.74) is 0.664. The SMILES string of the molecule is CN(C[Si](C)(C)C)C(=O)c1cn(-c2cccc([N+](=O)[O-])c2)nn1. The van der Waals surface area contributed by atoms with E-state index in [0.29, 0.717) is 5.69 Å². The third-order valence-electron chi connectivity index (χ3n) is 3.08. The van der Waals surface area contributed by atoms with E-state index in [-0.39, 0.29) is 17.3 Å². The number of nitro groups is 1. The summed E-state index contributed by atoms with van der Waals surface area (Å²) in [7, 11) is 0.325. The van der Waals surface area contributed by atoms with Crippen LogP contribution in [0.5, 0.6) is 0 Å². The minimum absolute atomic E-state index is 0.0401. The van der Waals surface area contributed by atoms with Crippen LogP contribution in [-0.2, 0) is 0 Å². The average molecular weight is 333 g/mol. The molecule has 1 aromatic carbocycles. The molecule has 0 saturated carbocycles. The summed E-state index contributed by atoms with van der Waals surface area (Å²) in [6.45, 7) is 6.53. The second-order valence-corrected chi connectivity index (χ2v) is 12.0. The molecule has 0 spiro atoms. The zero-order chi connectivity index (χ0) is 17.2. The average Bonchev–Trinajstić information content (AvgIpc) is 2.94. The van der Waals surface area contributed by atoms with Crippen molar-refractivity contribution >= 4 is 19.7 Å². The fourth-order valence-corrected chi connectivity index (χ4v) is 3.78. The molecule has 1 amide bonds. The molecule has 0 aliphatic heterocycles. The second kappa shape index (κ2) is 6.29. The predicted octanol–water partition coefficient (Wildman–Crippen LogP) is 2.12. The summed E-state index contributed by atoms with van der Waals surface area (Å²) in [5.74, 6) is -0.205. The first kappa shape index (κ1) is 16.8. The molecule has 2 aromatic rings. The molecule has 0 fully saturated rings. The molecule has 0 atom stereocenters. The summed E-state index contributed by atoms with van der Waals surface area (Å²) in [6, 6.07) is 6.01. The highest BCUT2D eigenvalue weighted by atomic mass is 28.3. The van der Waals surface area contributed by atoms with E-state index in [2.05, 4.69) is 30.0 Å². The van der Waals surface area contributed by atoms with Gasteiger partial charge in [0.05, 0.1) is 24.9 Å². The first-order chi connectivity index (χ1) is 10.7. The third-order valence-corrected chi connectivity index (χ3v) is 4.50. The number of hydrogen-bond acceptors (Lipinski definition) is 5. The zero-order valence-corrected chi connectivity index (χ0v) is 14.6. The van der Waals surface area contributed by atoms with Crippen LogP contribution in [0.15, 0.2) is 30.5 Å². The van der Waals surface area contributed by atoms with Gasteiger partial charge in [-0.15, -0.1) is 5.10 Å². The smallest absolute Gasteiger partial charge is 0.275 e. The Morgan fingerprint density at radius 3 is 2.70 bits per heavy atom. The fraction of sp³-hybridized carbons (Fsp3) is 0.357. The number of nitrogens with zero attached hydrogens (tertiary/aromatic N) is 5. The van der Waals surface area contributed by atoms with Crippen LogP contribution in [0.25, 0.3) is 5.69 Å². The first-order valence-corrected chi connectivity index (χ1v) is 10.8. The van der Waals surface area contributed by atoms with Gasteiger partial charge in [-0.25, -0.2) is 4.68 Å². The summed E-state index contributed by atoms with van der Waals surface area (Å²) in [5, 5.41) is 18.6. The summed E-state index contributed by atoms with van der Waals surface area (Å²) >= 11 is 0. The minimum atomic E-state index is -1.42. The lowest BCUT2D eigenvalue weighted by Gasteiger charge is -2.24. The monoisotopic (exact) mass is 333 g/mol. The van der Waals surface area contributed by atoms with Crippen molar-refractivity contribution in [1.82, 2.24) is 19.9 Å². The number of nitro benzene ring substituents is 1. The quantitative estimate of drug-likeness (QED) is 0.474. The van der Waals surface area contributed by atoms with Crippen LogP contribution in [0.2, 0.25) is 19.6 Å². The highest BCUT2D eigenvalue weighted by Gasteiger charge is 2.22. The molecular weight excluding hydrogens is 314 g/mol. The van der Waals surface area contributed by atoms with E-state index in [1.54, 1.807) is 24.1 Å². The lowest BCUT2D eigenvalue weighted by atomic mass is 10.3. The minimum Gasteiger partial charge on any atom is -0.343 e. The Morgan fingerprint density at radius 2 is 2.09 bits per heavy atom. The van der Waals surface area contributed by atoms with Crippen molar-refractivity contribution in [3.63, 3.8) is 0 Å². The Hall–Kier alpha value is -2.55. The van der Waals surface area contributed by atoms with Gasteiger partial charge in [0.15, 0.2) is 5.69 Å². The summed E-state index contributed by atoms with van der Waals surface area (Å²) < 4.78 is 1.36. The topological polar surface area (TPSA) is 94.2 Å². The largest absolute Gasteiger partial charge is 0.343 e. The Morgan fingerprint density at radius 1 is 1.39 bits per heavy atom. The molecule has 0 N–H and O–H groups in total. The normalized spacial score (nSPS) is 11.3. The molecule has 1 aromatic heterocycles. The second-order valence-electron chi connectivity index (χ2n) is 6.55. The van der Waals surface area contributed by atoms with Crippen molar-refractivity contribution < 1.29 is 9.72 Å². The summed E-state index contributed by atoms with van der Waals surface area (Å²) in [6.07, 6.45) is 2.21. The van der Waals surface area contributed by atoms with Crippen LogP contribution in [0, 0.1) is 10.1 Å². The van der Waals surface area contributed by atoms with Crippen molar-refractivity contribution in [1.29, 1.82) is 0 Å². The number of carbonyl (C=O) groups is 1. The van der Waals surface area contributed by atoms with E-state index in [9.17, 15) is 14.9 Å². The zero-order valence-electron chi connectivity index (χ0n) is 13.6. The Labute approximate surface area is 134 Å². The van der Waals surface area contributed by atoms with Gasteiger partial charge >= 0.3 is 0 Å². The van der Waals surface area contributed by atoms with Crippen LogP contribution in [-0.4, -0.2) is 52.0 Å². The van der Waals surface area contributed by atoms with Gasteiger partial charge in [0.1, 0.15) is 0 Å². The van der Waals surface area contributed by atoms with Crippen LogP contribution in [0.4, 0.5) is 5.69 Å². The molecule has 0 saturated heterocycles. The van der Waals surface area contributed by atoms with Gasteiger partial charge in [0.2, 0.25) is 0 Å². The van der Waals surface area contributed by atoms with Gasteiger partial charge in [-0.3, -0.25) is 14.9 Å². The molecular formula is C14H19N5O3Si. The predicted molar refractivity (Wildman–Crippen MR) is 88.3 cm³/mol. The van der Waals surface area contributed by atoms with E-state index < -0.39 is 13.0 Å². The van der Waals surface area contributed by atoms with Crippen molar-refractivity contribution in [3.8, 4) is 5.69 Å². The highest BCUT2D eigenvalue weighted by molar-refractivity contribution is 6.76.